The first-order chi connectivity index (χ1) is 7.99. The first kappa shape index (κ1) is 14.3. The Morgan fingerprint density at radius 3 is 2.76 bits per heavy atom. The minimum Gasteiger partial charge on any atom is -0.356 e. The molecule has 0 spiro atoms. The van der Waals surface area contributed by atoms with E-state index in [1.165, 1.54) is 0 Å². The van der Waals surface area contributed by atoms with Crippen molar-refractivity contribution in [1.29, 1.82) is 0 Å². The van der Waals surface area contributed by atoms with Gasteiger partial charge in [-0.05, 0) is 31.0 Å². The van der Waals surface area contributed by atoms with E-state index in [0.717, 1.165) is 12.0 Å². The lowest BCUT2D eigenvalue weighted by molar-refractivity contribution is -0.120. The Morgan fingerprint density at radius 2 is 2.18 bits per heavy atom. The highest BCUT2D eigenvalue weighted by atomic mass is 35.5. The molecular weight excluding hydrogens is 259 g/mol. The van der Waals surface area contributed by atoms with E-state index in [1.807, 2.05) is 6.92 Å². The van der Waals surface area contributed by atoms with Gasteiger partial charge in [0.15, 0.2) is 0 Å². The van der Waals surface area contributed by atoms with Gasteiger partial charge < -0.3 is 11.1 Å². The first-order valence-corrected chi connectivity index (χ1v) is 6.21. The number of benzene rings is 1. The molecule has 1 amide bonds. The monoisotopic (exact) mass is 274 g/mol. The number of nitrogens with two attached hydrogens (primary N) is 1. The molecule has 1 unspecified atom stereocenters. The van der Waals surface area contributed by atoms with Crippen LogP contribution >= 0.6 is 23.2 Å². The second-order valence-corrected chi connectivity index (χ2v) is 4.87. The summed E-state index contributed by atoms with van der Waals surface area (Å²) in [6.45, 7) is 2.49. The zero-order chi connectivity index (χ0) is 12.8. The van der Waals surface area contributed by atoms with E-state index in [-0.39, 0.29) is 18.4 Å². The topological polar surface area (TPSA) is 55.1 Å². The molecule has 0 saturated heterocycles. The molecule has 17 heavy (non-hydrogen) atoms. The minimum atomic E-state index is -0.0603. The maximum atomic E-state index is 11.6. The van der Waals surface area contributed by atoms with E-state index < -0.39 is 0 Å². The van der Waals surface area contributed by atoms with E-state index in [1.54, 1.807) is 18.2 Å². The van der Waals surface area contributed by atoms with Crippen molar-refractivity contribution in [3.05, 3.63) is 33.8 Å². The number of amides is 1. The highest BCUT2D eigenvalue weighted by Gasteiger charge is 2.07. The van der Waals surface area contributed by atoms with Crippen LogP contribution in [0.15, 0.2) is 18.2 Å². The maximum absolute atomic E-state index is 11.6. The Morgan fingerprint density at radius 1 is 1.47 bits per heavy atom. The molecule has 1 atom stereocenters. The average Bonchev–Trinajstić information content (AvgIpc) is 2.21. The van der Waals surface area contributed by atoms with Crippen LogP contribution in [0.25, 0.3) is 0 Å². The van der Waals surface area contributed by atoms with Gasteiger partial charge >= 0.3 is 0 Å². The maximum Gasteiger partial charge on any atom is 0.224 e. The average molecular weight is 275 g/mol. The molecule has 1 aromatic rings. The SMILES string of the molecule is CC(N)CCNC(=O)Cc1ccc(Cl)cc1Cl. The normalized spacial score (nSPS) is 12.2. The van der Waals surface area contributed by atoms with Gasteiger partial charge in [-0.25, -0.2) is 0 Å². The summed E-state index contributed by atoms with van der Waals surface area (Å²) >= 11 is 11.7. The van der Waals surface area contributed by atoms with Crippen LogP contribution in [0.5, 0.6) is 0 Å². The zero-order valence-electron chi connectivity index (χ0n) is 9.67. The van der Waals surface area contributed by atoms with Crippen LogP contribution in [0.3, 0.4) is 0 Å². The fourth-order valence-electron chi connectivity index (χ4n) is 1.34. The smallest absolute Gasteiger partial charge is 0.224 e. The minimum absolute atomic E-state index is 0.0603. The van der Waals surface area contributed by atoms with Crippen LogP contribution in [-0.2, 0) is 11.2 Å². The van der Waals surface area contributed by atoms with Gasteiger partial charge in [-0.2, -0.15) is 0 Å². The molecule has 3 N–H and O–H groups in total. The van der Waals surface area contributed by atoms with Crippen molar-refractivity contribution < 1.29 is 4.79 Å². The highest BCUT2D eigenvalue weighted by Crippen LogP contribution is 2.21. The Hall–Kier alpha value is -0.770. The van der Waals surface area contributed by atoms with E-state index in [4.69, 9.17) is 28.9 Å². The van der Waals surface area contributed by atoms with Gasteiger partial charge in [0, 0.05) is 22.6 Å². The molecule has 5 heteroatoms. The summed E-state index contributed by atoms with van der Waals surface area (Å²) in [5.41, 5.74) is 6.36. The summed E-state index contributed by atoms with van der Waals surface area (Å²) in [6, 6.07) is 5.20. The third-order valence-corrected chi connectivity index (χ3v) is 2.87. The molecule has 3 nitrogen and oxygen atoms in total. The number of hydrogen-bond donors (Lipinski definition) is 2. The third kappa shape index (κ3) is 5.39. The van der Waals surface area contributed by atoms with Crippen molar-refractivity contribution in [2.75, 3.05) is 6.54 Å². The van der Waals surface area contributed by atoms with Crippen LogP contribution in [0.2, 0.25) is 10.0 Å². The van der Waals surface area contributed by atoms with Gasteiger partial charge in [0.1, 0.15) is 0 Å². The predicted molar refractivity (Wildman–Crippen MR) is 71.4 cm³/mol. The van der Waals surface area contributed by atoms with E-state index >= 15 is 0 Å². The number of hydrogen-bond acceptors (Lipinski definition) is 2. The molecule has 0 radical (unpaired) electrons. The molecule has 0 aliphatic heterocycles. The van der Waals surface area contributed by atoms with Crippen LogP contribution < -0.4 is 11.1 Å². The van der Waals surface area contributed by atoms with E-state index in [2.05, 4.69) is 5.32 Å². The zero-order valence-corrected chi connectivity index (χ0v) is 11.2. The second kappa shape index (κ2) is 6.84. The molecule has 1 aromatic carbocycles. The molecular formula is C12H16Cl2N2O. The van der Waals surface area contributed by atoms with Gasteiger partial charge in [-0.3, -0.25) is 4.79 Å². The standard InChI is InChI=1S/C12H16Cl2N2O/c1-8(15)4-5-16-12(17)6-9-2-3-10(13)7-11(9)14/h2-3,7-8H,4-6,15H2,1H3,(H,16,17). The number of rotatable bonds is 5. The van der Waals surface area contributed by atoms with Gasteiger partial charge in [0.05, 0.1) is 6.42 Å². The lowest BCUT2D eigenvalue weighted by Crippen LogP contribution is -2.30. The van der Waals surface area contributed by atoms with E-state index in [0.29, 0.717) is 16.6 Å². The lowest BCUT2D eigenvalue weighted by Gasteiger charge is -2.08. The van der Waals surface area contributed by atoms with Crippen LogP contribution in [0.1, 0.15) is 18.9 Å². The summed E-state index contributed by atoms with van der Waals surface area (Å²) in [6.07, 6.45) is 1.02. The second-order valence-electron chi connectivity index (χ2n) is 4.03. The van der Waals surface area contributed by atoms with Crippen molar-refractivity contribution in [3.8, 4) is 0 Å². The fourth-order valence-corrected chi connectivity index (χ4v) is 1.82. The fraction of sp³-hybridized carbons (Fsp3) is 0.417. The Bertz CT molecular complexity index is 394. The molecule has 0 aliphatic carbocycles. The number of carbonyl (C=O) groups is 1. The van der Waals surface area contributed by atoms with Gasteiger partial charge in [0.25, 0.3) is 0 Å². The Balaban J connectivity index is 2.45. The highest BCUT2D eigenvalue weighted by molar-refractivity contribution is 6.35. The van der Waals surface area contributed by atoms with Gasteiger partial charge in [-0.15, -0.1) is 0 Å². The van der Waals surface area contributed by atoms with Crippen LogP contribution in [0.4, 0.5) is 0 Å². The van der Waals surface area contributed by atoms with Crippen molar-refractivity contribution in [3.63, 3.8) is 0 Å². The molecule has 94 valence electrons. The first-order valence-electron chi connectivity index (χ1n) is 5.45. The summed E-state index contributed by atoms with van der Waals surface area (Å²) < 4.78 is 0. The quantitative estimate of drug-likeness (QED) is 0.866. The number of nitrogens with one attached hydrogen (secondary N) is 1. The number of halogens is 2. The Kier molecular flexibility index (Phi) is 5.75. The van der Waals surface area contributed by atoms with Gasteiger partial charge in [0.2, 0.25) is 5.91 Å². The summed E-state index contributed by atoms with van der Waals surface area (Å²) in [5.74, 6) is -0.0603. The van der Waals surface area contributed by atoms with Crippen molar-refractivity contribution in [1.82, 2.24) is 5.32 Å². The number of carbonyl (C=O) groups excluding carboxylic acids is 1. The van der Waals surface area contributed by atoms with Crippen molar-refractivity contribution in [2.45, 2.75) is 25.8 Å². The summed E-state index contributed by atoms with van der Waals surface area (Å²) in [7, 11) is 0. The predicted octanol–water partition coefficient (Wildman–Crippen LogP) is 2.39. The molecule has 0 fully saturated rings. The molecule has 0 saturated carbocycles. The van der Waals surface area contributed by atoms with E-state index in [9.17, 15) is 4.79 Å². The van der Waals surface area contributed by atoms with Crippen molar-refractivity contribution >= 4 is 29.1 Å². The summed E-state index contributed by atoms with van der Waals surface area (Å²) in [4.78, 5) is 11.6. The van der Waals surface area contributed by atoms with Crippen molar-refractivity contribution in [2.24, 2.45) is 5.73 Å². The van der Waals surface area contributed by atoms with Gasteiger partial charge in [-0.1, -0.05) is 29.3 Å². The molecule has 0 aliphatic rings. The van der Waals surface area contributed by atoms with Crippen LogP contribution in [0, 0.1) is 0 Å². The molecule has 1 rings (SSSR count). The summed E-state index contributed by atoms with van der Waals surface area (Å²) in [5, 5.41) is 3.87. The third-order valence-electron chi connectivity index (χ3n) is 2.29. The molecule has 0 bridgehead atoms. The molecule has 0 aromatic heterocycles. The Labute approximate surface area is 111 Å². The van der Waals surface area contributed by atoms with Crippen LogP contribution in [-0.4, -0.2) is 18.5 Å². The molecule has 0 heterocycles. The lowest BCUT2D eigenvalue weighted by atomic mass is 10.1. The largest absolute Gasteiger partial charge is 0.356 e.